The molecule has 2 atom stereocenters. The maximum absolute atomic E-state index is 12.6. The van der Waals surface area contributed by atoms with Gasteiger partial charge in [-0.3, -0.25) is 14.5 Å². The Balaban J connectivity index is 0.00000280. The molecule has 8 nitrogen and oxygen atoms in total. The lowest BCUT2D eigenvalue weighted by molar-refractivity contribution is -0.135. The number of nitrogens with one attached hydrogen (secondary N) is 1. The van der Waals surface area contributed by atoms with E-state index in [9.17, 15) is 9.59 Å². The molecule has 2 fully saturated rings. The first-order valence-electron chi connectivity index (χ1n) is 9.64. The Morgan fingerprint density at radius 1 is 1.11 bits per heavy atom. The van der Waals surface area contributed by atoms with E-state index < -0.39 is 0 Å². The van der Waals surface area contributed by atoms with Gasteiger partial charge in [-0.15, -0.1) is 0 Å². The zero-order valence-corrected chi connectivity index (χ0v) is 16.8. The molecule has 2 unspecified atom stereocenters. The van der Waals surface area contributed by atoms with E-state index in [1.807, 2.05) is 23.1 Å². The fourth-order valence-corrected chi connectivity index (χ4v) is 3.72. The van der Waals surface area contributed by atoms with Crippen LogP contribution in [0.1, 0.15) is 16.8 Å². The van der Waals surface area contributed by atoms with Crippen molar-refractivity contribution in [3.8, 4) is 0 Å². The van der Waals surface area contributed by atoms with Crippen LogP contribution in [0.25, 0.3) is 0 Å². The molecular weight excluding hydrogens is 360 g/mol. The number of piperazine rings is 1. The first-order chi connectivity index (χ1) is 13.1. The van der Waals surface area contributed by atoms with E-state index in [0.717, 1.165) is 39.1 Å². The van der Waals surface area contributed by atoms with Crippen molar-refractivity contribution in [1.29, 1.82) is 0 Å². The number of piperidine rings is 1. The summed E-state index contributed by atoms with van der Waals surface area (Å²) in [7, 11) is 3.75. The molecule has 156 valence electrons. The second kappa shape index (κ2) is 10.5. The van der Waals surface area contributed by atoms with Crippen molar-refractivity contribution in [3.63, 3.8) is 0 Å². The Morgan fingerprint density at radius 2 is 1.79 bits per heavy atom. The number of hydrogen-bond acceptors (Lipinski definition) is 5. The first-order valence-corrected chi connectivity index (χ1v) is 9.64. The van der Waals surface area contributed by atoms with Gasteiger partial charge in [-0.2, -0.15) is 0 Å². The van der Waals surface area contributed by atoms with Gasteiger partial charge >= 0.3 is 0 Å². The average Bonchev–Trinajstić information content (AvgIpc) is 2.70. The zero-order chi connectivity index (χ0) is 19.2. The quantitative estimate of drug-likeness (QED) is 0.726. The molecule has 0 aliphatic carbocycles. The smallest absolute Gasteiger partial charge is 0.251 e. The summed E-state index contributed by atoms with van der Waals surface area (Å²) in [5.74, 6) is 0.106. The number of carbonyl (C=O) groups is 2. The molecular formula is C20H32N4O4. The molecule has 0 aromatic heterocycles. The Hall–Kier alpha value is -2.00. The van der Waals surface area contributed by atoms with Gasteiger partial charge in [0.05, 0.1) is 18.7 Å². The maximum Gasteiger partial charge on any atom is 0.251 e. The minimum atomic E-state index is -0.119. The predicted octanol–water partition coefficient (Wildman–Crippen LogP) is -0.545. The molecule has 1 aromatic carbocycles. The van der Waals surface area contributed by atoms with E-state index in [1.165, 1.54) is 0 Å². The van der Waals surface area contributed by atoms with Gasteiger partial charge in [0.15, 0.2) is 0 Å². The number of rotatable bonds is 5. The Morgan fingerprint density at radius 3 is 2.43 bits per heavy atom. The van der Waals surface area contributed by atoms with Gasteiger partial charge in [-0.05, 0) is 25.6 Å². The number of benzene rings is 1. The molecule has 0 saturated carbocycles. The monoisotopic (exact) mass is 392 g/mol. The number of methoxy groups -OCH3 is 1. The van der Waals surface area contributed by atoms with Crippen LogP contribution in [0.4, 0.5) is 0 Å². The molecule has 3 N–H and O–H groups in total. The van der Waals surface area contributed by atoms with Gasteiger partial charge in [0, 0.05) is 51.9 Å². The summed E-state index contributed by atoms with van der Waals surface area (Å²) in [6, 6.07) is 9.18. The molecule has 8 heteroatoms. The SMILES string of the molecule is COC1CN(CC(=O)N2CCN(C)CC2)CCC1NC(=O)c1ccccc1.O. The van der Waals surface area contributed by atoms with E-state index in [0.29, 0.717) is 18.7 Å². The first kappa shape index (κ1) is 22.3. The van der Waals surface area contributed by atoms with E-state index >= 15 is 0 Å². The largest absolute Gasteiger partial charge is 0.412 e. The molecule has 0 radical (unpaired) electrons. The topological polar surface area (TPSA) is 96.6 Å². The lowest BCUT2D eigenvalue weighted by atomic mass is 10.0. The van der Waals surface area contributed by atoms with E-state index in [-0.39, 0.29) is 29.4 Å². The van der Waals surface area contributed by atoms with Crippen LogP contribution in [0.5, 0.6) is 0 Å². The van der Waals surface area contributed by atoms with Gasteiger partial charge < -0.3 is 25.3 Å². The normalized spacial score (nSPS) is 23.7. The van der Waals surface area contributed by atoms with Crippen molar-refractivity contribution in [2.24, 2.45) is 0 Å². The fourth-order valence-electron chi connectivity index (χ4n) is 3.72. The molecule has 2 heterocycles. The summed E-state index contributed by atoms with van der Waals surface area (Å²) in [5, 5.41) is 3.09. The minimum absolute atomic E-state index is 0. The predicted molar refractivity (Wildman–Crippen MR) is 107 cm³/mol. The lowest BCUT2D eigenvalue weighted by Gasteiger charge is -2.39. The molecule has 1 aromatic rings. The highest BCUT2D eigenvalue weighted by Gasteiger charge is 2.32. The summed E-state index contributed by atoms with van der Waals surface area (Å²) in [5.41, 5.74) is 0.653. The van der Waals surface area contributed by atoms with Crippen LogP contribution >= 0.6 is 0 Å². The van der Waals surface area contributed by atoms with Crippen LogP contribution in [-0.4, -0.2) is 104 Å². The Labute approximate surface area is 166 Å². The second-order valence-electron chi connectivity index (χ2n) is 7.43. The molecule has 2 aliphatic heterocycles. The van der Waals surface area contributed by atoms with Crippen LogP contribution in [0.3, 0.4) is 0 Å². The molecule has 0 spiro atoms. The van der Waals surface area contributed by atoms with Crippen LogP contribution in [-0.2, 0) is 9.53 Å². The van der Waals surface area contributed by atoms with Crippen molar-refractivity contribution in [1.82, 2.24) is 20.0 Å². The molecule has 3 rings (SSSR count). The van der Waals surface area contributed by atoms with Crippen LogP contribution in [0.15, 0.2) is 30.3 Å². The third-order valence-corrected chi connectivity index (χ3v) is 5.51. The average molecular weight is 393 g/mol. The van der Waals surface area contributed by atoms with Crippen molar-refractivity contribution in [3.05, 3.63) is 35.9 Å². The van der Waals surface area contributed by atoms with Crippen LogP contribution < -0.4 is 5.32 Å². The third-order valence-electron chi connectivity index (χ3n) is 5.51. The van der Waals surface area contributed by atoms with Gasteiger partial charge in [0.25, 0.3) is 5.91 Å². The highest BCUT2D eigenvalue weighted by Crippen LogP contribution is 2.15. The molecule has 0 bridgehead atoms. The number of ether oxygens (including phenoxy) is 1. The Kier molecular flexibility index (Phi) is 8.37. The highest BCUT2D eigenvalue weighted by atomic mass is 16.5. The number of nitrogens with zero attached hydrogens (tertiary/aromatic N) is 3. The van der Waals surface area contributed by atoms with Crippen LogP contribution in [0.2, 0.25) is 0 Å². The number of amides is 2. The second-order valence-corrected chi connectivity index (χ2v) is 7.43. The van der Waals surface area contributed by atoms with Crippen molar-refractivity contribution >= 4 is 11.8 Å². The van der Waals surface area contributed by atoms with E-state index in [1.54, 1.807) is 19.2 Å². The maximum atomic E-state index is 12.6. The van der Waals surface area contributed by atoms with E-state index in [4.69, 9.17) is 4.74 Å². The number of hydrogen-bond donors (Lipinski definition) is 1. The van der Waals surface area contributed by atoms with Gasteiger partial charge in [-0.1, -0.05) is 18.2 Å². The summed E-state index contributed by atoms with van der Waals surface area (Å²) >= 11 is 0. The van der Waals surface area contributed by atoms with Crippen LogP contribution in [0, 0.1) is 0 Å². The zero-order valence-electron chi connectivity index (χ0n) is 16.8. The lowest BCUT2D eigenvalue weighted by Crippen LogP contribution is -2.57. The Bertz CT molecular complexity index is 634. The molecule has 28 heavy (non-hydrogen) atoms. The van der Waals surface area contributed by atoms with E-state index in [2.05, 4.69) is 22.2 Å². The molecule has 2 amide bonds. The number of likely N-dealkylation sites (tertiary alicyclic amines) is 1. The summed E-state index contributed by atoms with van der Waals surface area (Å²) < 4.78 is 5.62. The summed E-state index contributed by atoms with van der Waals surface area (Å²) in [4.78, 5) is 31.3. The number of likely N-dealkylation sites (N-methyl/N-ethyl adjacent to an activating group) is 1. The molecule has 2 aliphatic rings. The minimum Gasteiger partial charge on any atom is -0.412 e. The highest BCUT2D eigenvalue weighted by molar-refractivity contribution is 5.94. The standard InChI is InChI=1S/C20H30N4O3.H2O/c1-22-10-12-24(13-11-22)19(25)15-23-9-8-17(18(14-23)27-2)21-20(26)16-6-4-3-5-7-16;/h3-7,17-18H,8-15H2,1-2H3,(H,21,26);1H2. The fraction of sp³-hybridized carbons (Fsp3) is 0.600. The summed E-state index contributed by atoms with van der Waals surface area (Å²) in [6.45, 7) is 5.30. The van der Waals surface area contributed by atoms with Crippen molar-refractivity contribution in [2.45, 2.75) is 18.6 Å². The van der Waals surface area contributed by atoms with Crippen molar-refractivity contribution < 1.29 is 19.8 Å². The van der Waals surface area contributed by atoms with Crippen molar-refractivity contribution in [2.75, 3.05) is 60.0 Å². The van der Waals surface area contributed by atoms with Gasteiger partial charge in [0.2, 0.25) is 5.91 Å². The summed E-state index contributed by atoms with van der Waals surface area (Å²) in [6.07, 6.45) is 0.652. The van der Waals surface area contributed by atoms with Gasteiger partial charge in [-0.25, -0.2) is 0 Å². The van der Waals surface area contributed by atoms with Gasteiger partial charge in [0.1, 0.15) is 0 Å². The number of carbonyl (C=O) groups excluding carboxylic acids is 2. The third kappa shape index (κ3) is 5.75. The molecule has 2 saturated heterocycles.